The van der Waals surface area contributed by atoms with E-state index < -0.39 is 10.0 Å². The highest BCUT2D eigenvalue weighted by Crippen LogP contribution is 2.25. The number of hydrogen-bond donors (Lipinski definition) is 0. The predicted octanol–water partition coefficient (Wildman–Crippen LogP) is 1.63. The highest BCUT2D eigenvalue weighted by atomic mass is 32.2. The Morgan fingerprint density at radius 1 is 1.13 bits per heavy atom. The number of carbonyl (C=O) groups excluding carboxylic acids is 1. The van der Waals surface area contributed by atoms with E-state index in [0.717, 1.165) is 13.0 Å². The van der Waals surface area contributed by atoms with Crippen molar-refractivity contribution in [1.29, 1.82) is 0 Å². The number of carbonyl (C=O) groups is 1. The van der Waals surface area contributed by atoms with E-state index in [4.69, 9.17) is 0 Å². The van der Waals surface area contributed by atoms with Gasteiger partial charge in [0, 0.05) is 32.1 Å². The number of sulfonamides is 1. The molecule has 1 amide bonds. The number of piperidine rings is 1. The van der Waals surface area contributed by atoms with E-state index in [2.05, 4.69) is 12.1 Å². The van der Waals surface area contributed by atoms with Gasteiger partial charge in [0.25, 0.3) is 0 Å². The summed E-state index contributed by atoms with van der Waals surface area (Å²) in [6.45, 7) is 4.05. The van der Waals surface area contributed by atoms with Crippen molar-refractivity contribution in [2.24, 2.45) is 5.92 Å². The average Bonchev–Trinajstić information content (AvgIpc) is 2.60. The molecule has 1 fully saturated rings. The van der Waals surface area contributed by atoms with Crippen LogP contribution in [0.2, 0.25) is 0 Å². The van der Waals surface area contributed by atoms with Gasteiger partial charge in [0.2, 0.25) is 15.9 Å². The third-order valence-electron chi connectivity index (χ3n) is 5.00. The normalized spacial score (nSPS) is 20.3. The molecule has 0 radical (unpaired) electrons. The summed E-state index contributed by atoms with van der Waals surface area (Å²) in [5, 5.41) is 0. The fraction of sp³-hybridized carbons (Fsp3) is 0.588. The lowest BCUT2D eigenvalue weighted by atomic mass is 9.94. The maximum Gasteiger partial charge on any atom is 0.226 e. The van der Waals surface area contributed by atoms with Crippen LogP contribution in [-0.2, 0) is 27.8 Å². The molecule has 0 atom stereocenters. The van der Waals surface area contributed by atoms with Crippen LogP contribution in [0.1, 0.15) is 30.9 Å². The lowest BCUT2D eigenvalue weighted by Crippen LogP contribution is -2.45. The van der Waals surface area contributed by atoms with E-state index in [1.165, 1.54) is 15.4 Å². The largest absolute Gasteiger partial charge is 0.338 e. The maximum atomic E-state index is 12.7. The third-order valence-corrected chi connectivity index (χ3v) is 6.89. The summed E-state index contributed by atoms with van der Waals surface area (Å²) in [6, 6.07) is 8.28. The summed E-state index contributed by atoms with van der Waals surface area (Å²) in [7, 11) is -3.13. The Kier molecular flexibility index (Phi) is 4.73. The fourth-order valence-corrected chi connectivity index (χ4v) is 4.64. The first-order chi connectivity index (χ1) is 11.0. The molecule has 23 heavy (non-hydrogen) atoms. The van der Waals surface area contributed by atoms with Gasteiger partial charge < -0.3 is 4.90 Å². The molecule has 0 unspecified atom stereocenters. The Morgan fingerprint density at radius 2 is 1.78 bits per heavy atom. The van der Waals surface area contributed by atoms with Crippen LogP contribution in [0.4, 0.5) is 0 Å². The molecule has 0 aromatic heterocycles. The first kappa shape index (κ1) is 16.5. The van der Waals surface area contributed by atoms with E-state index in [0.29, 0.717) is 32.5 Å². The van der Waals surface area contributed by atoms with Crippen molar-refractivity contribution < 1.29 is 13.2 Å². The Bertz CT molecular complexity index is 679. The van der Waals surface area contributed by atoms with Gasteiger partial charge in [-0.05, 0) is 37.3 Å². The number of hydrogen-bond acceptors (Lipinski definition) is 3. The van der Waals surface area contributed by atoms with E-state index in [1.54, 1.807) is 6.92 Å². The monoisotopic (exact) mass is 336 g/mol. The molecule has 2 heterocycles. The summed E-state index contributed by atoms with van der Waals surface area (Å²) in [4.78, 5) is 14.7. The standard InChI is InChI=1S/C17H24N2O3S/c1-2-23(21,22)19-11-8-15(9-12-19)17(20)18-10-7-14-5-3-4-6-16(14)13-18/h3-6,15H,2,7-13H2,1H3. The van der Waals surface area contributed by atoms with Crippen LogP contribution in [0.3, 0.4) is 0 Å². The van der Waals surface area contributed by atoms with Gasteiger partial charge in [-0.1, -0.05) is 24.3 Å². The fourth-order valence-electron chi connectivity index (χ4n) is 3.51. The van der Waals surface area contributed by atoms with Crippen molar-refractivity contribution in [2.45, 2.75) is 32.7 Å². The molecule has 0 N–H and O–H groups in total. The maximum absolute atomic E-state index is 12.7. The van der Waals surface area contributed by atoms with E-state index in [-0.39, 0.29) is 17.6 Å². The van der Waals surface area contributed by atoms with Gasteiger partial charge in [-0.3, -0.25) is 4.79 Å². The van der Waals surface area contributed by atoms with Crippen molar-refractivity contribution >= 4 is 15.9 Å². The Balaban J connectivity index is 1.61. The Labute approximate surface area is 138 Å². The molecule has 1 aromatic carbocycles. The first-order valence-electron chi connectivity index (χ1n) is 8.34. The Hall–Kier alpha value is -1.40. The molecule has 5 nitrogen and oxygen atoms in total. The first-order valence-corrected chi connectivity index (χ1v) is 9.95. The second-order valence-corrected chi connectivity index (χ2v) is 8.61. The van der Waals surface area contributed by atoms with Crippen molar-refractivity contribution in [3.05, 3.63) is 35.4 Å². The molecule has 126 valence electrons. The number of benzene rings is 1. The summed E-state index contributed by atoms with van der Waals surface area (Å²) >= 11 is 0. The zero-order chi connectivity index (χ0) is 16.4. The smallest absolute Gasteiger partial charge is 0.226 e. The van der Waals surface area contributed by atoms with E-state index in [1.807, 2.05) is 17.0 Å². The van der Waals surface area contributed by atoms with Crippen molar-refractivity contribution in [2.75, 3.05) is 25.4 Å². The molecule has 3 rings (SSSR count). The van der Waals surface area contributed by atoms with Crippen molar-refractivity contribution in [3.63, 3.8) is 0 Å². The predicted molar refractivity (Wildman–Crippen MR) is 89.3 cm³/mol. The summed E-state index contributed by atoms with van der Waals surface area (Å²) in [5.41, 5.74) is 2.57. The highest BCUT2D eigenvalue weighted by molar-refractivity contribution is 7.89. The number of nitrogens with zero attached hydrogens (tertiary/aromatic N) is 2. The summed E-state index contributed by atoms with van der Waals surface area (Å²) in [5.74, 6) is 0.283. The lowest BCUT2D eigenvalue weighted by molar-refractivity contribution is -0.137. The minimum atomic E-state index is -3.13. The van der Waals surface area contributed by atoms with Gasteiger partial charge in [0.1, 0.15) is 0 Å². The third kappa shape index (κ3) is 3.43. The SMILES string of the molecule is CCS(=O)(=O)N1CCC(C(=O)N2CCc3ccccc3C2)CC1. The molecule has 2 aliphatic rings. The van der Waals surface area contributed by atoms with E-state index >= 15 is 0 Å². The van der Waals surface area contributed by atoms with Crippen LogP contribution < -0.4 is 0 Å². The zero-order valence-corrected chi connectivity index (χ0v) is 14.4. The molecule has 2 aliphatic heterocycles. The van der Waals surface area contributed by atoms with Crippen molar-refractivity contribution in [1.82, 2.24) is 9.21 Å². The van der Waals surface area contributed by atoms with E-state index in [9.17, 15) is 13.2 Å². The minimum Gasteiger partial charge on any atom is -0.338 e. The minimum absolute atomic E-state index is 0.0384. The van der Waals surface area contributed by atoms with Crippen molar-refractivity contribution in [3.8, 4) is 0 Å². The van der Waals surface area contributed by atoms with Gasteiger partial charge in [-0.15, -0.1) is 0 Å². The molecule has 0 aliphatic carbocycles. The second-order valence-electron chi connectivity index (χ2n) is 6.35. The molecule has 6 heteroatoms. The quantitative estimate of drug-likeness (QED) is 0.843. The zero-order valence-electron chi connectivity index (χ0n) is 13.6. The van der Waals surface area contributed by atoms with Gasteiger partial charge in [-0.25, -0.2) is 12.7 Å². The highest BCUT2D eigenvalue weighted by Gasteiger charge is 2.33. The summed E-state index contributed by atoms with van der Waals surface area (Å²) in [6.07, 6.45) is 2.18. The van der Waals surface area contributed by atoms with Gasteiger partial charge in [0.15, 0.2) is 0 Å². The van der Waals surface area contributed by atoms with Crippen LogP contribution in [0.15, 0.2) is 24.3 Å². The van der Waals surface area contributed by atoms with Gasteiger partial charge in [0.05, 0.1) is 5.75 Å². The molecular weight excluding hydrogens is 312 g/mol. The molecule has 1 saturated heterocycles. The van der Waals surface area contributed by atoms with Crippen LogP contribution in [0.25, 0.3) is 0 Å². The number of amides is 1. The topological polar surface area (TPSA) is 57.7 Å². The van der Waals surface area contributed by atoms with Gasteiger partial charge in [-0.2, -0.15) is 0 Å². The molecule has 0 bridgehead atoms. The Morgan fingerprint density at radius 3 is 2.43 bits per heavy atom. The van der Waals surface area contributed by atoms with Crippen LogP contribution in [-0.4, -0.2) is 48.9 Å². The summed E-state index contributed by atoms with van der Waals surface area (Å²) < 4.78 is 25.3. The molecule has 1 aromatic rings. The second kappa shape index (κ2) is 6.61. The number of fused-ring (bicyclic) bond motifs is 1. The number of rotatable bonds is 3. The molecule has 0 saturated carbocycles. The average molecular weight is 336 g/mol. The van der Waals surface area contributed by atoms with Crippen LogP contribution >= 0.6 is 0 Å². The van der Waals surface area contributed by atoms with Gasteiger partial charge >= 0.3 is 0 Å². The molecular formula is C17H24N2O3S. The van der Waals surface area contributed by atoms with Crippen LogP contribution in [0.5, 0.6) is 0 Å². The van der Waals surface area contributed by atoms with Crippen LogP contribution in [0, 0.1) is 5.92 Å². The lowest BCUT2D eigenvalue weighted by Gasteiger charge is -2.35. The molecule has 0 spiro atoms.